The van der Waals surface area contributed by atoms with Crippen molar-refractivity contribution >= 4 is 23.4 Å². The number of carbonyl (C=O) groups is 1. The Morgan fingerprint density at radius 1 is 1.07 bits per heavy atom. The molecule has 0 saturated heterocycles. The molecule has 0 radical (unpaired) electrons. The van der Waals surface area contributed by atoms with Crippen LogP contribution in [0.1, 0.15) is 27.0 Å². The summed E-state index contributed by atoms with van der Waals surface area (Å²) in [4.78, 5) is 14.3. The first-order valence-corrected chi connectivity index (χ1v) is 9.60. The van der Waals surface area contributed by atoms with Crippen LogP contribution in [0.3, 0.4) is 0 Å². The van der Waals surface area contributed by atoms with E-state index in [0.29, 0.717) is 11.1 Å². The van der Waals surface area contributed by atoms with Crippen molar-refractivity contribution in [2.45, 2.75) is 22.5 Å². The molecule has 3 N–H and O–H groups in total. The summed E-state index contributed by atoms with van der Waals surface area (Å²) in [7, 11) is 0. The zero-order chi connectivity index (χ0) is 21.7. The van der Waals surface area contributed by atoms with Gasteiger partial charge in [0.25, 0.3) is 5.91 Å². The average molecular weight is 427 g/mol. The smallest absolute Gasteiger partial charge is 0.398 e. The van der Waals surface area contributed by atoms with Gasteiger partial charge in [-0.15, -0.1) is 0 Å². The van der Waals surface area contributed by atoms with Gasteiger partial charge in [-0.1, -0.05) is 30.0 Å². The highest BCUT2D eigenvalue weighted by atomic mass is 32.2. The maximum absolute atomic E-state index is 13.0. The van der Waals surface area contributed by atoms with E-state index in [-0.39, 0.29) is 17.8 Å². The molecule has 8 heteroatoms. The van der Waals surface area contributed by atoms with Crippen molar-refractivity contribution in [2.24, 2.45) is 0 Å². The number of hydrogen-bond acceptors (Lipinski definition) is 4. The molecule has 0 aliphatic heterocycles. The SMILES string of the molecule is N#Cc1ccc(Sc2ccccc2)c(CNC(=O)c2cc(C(F)(F)F)ccc2N)c1. The molecule has 3 aromatic rings. The van der Waals surface area contributed by atoms with Crippen LogP contribution in [0.5, 0.6) is 0 Å². The molecule has 0 aromatic heterocycles. The van der Waals surface area contributed by atoms with Crippen LogP contribution in [0, 0.1) is 11.3 Å². The fraction of sp³-hybridized carbons (Fsp3) is 0.0909. The summed E-state index contributed by atoms with van der Waals surface area (Å²) in [6, 6.07) is 19.3. The van der Waals surface area contributed by atoms with Crippen LogP contribution in [0.15, 0.2) is 76.5 Å². The number of carbonyl (C=O) groups excluding carboxylic acids is 1. The van der Waals surface area contributed by atoms with E-state index in [2.05, 4.69) is 5.32 Å². The fourth-order valence-electron chi connectivity index (χ4n) is 2.70. The van der Waals surface area contributed by atoms with Gasteiger partial charge in [0, 0.05) is 22.0 Å². The van der Waals surface area contributed by atoms with Gasteiger partial charge in [0.05, 0.1) is 22.8 Å². The minimum atomic E-state index is -4.58. The Labute approximate surface area is 175 Å². The van der Waals surface area contributed by atoms with Crippen molar-refractivity contribution < 1.29 is 18.0 Å². The second kappa shape index (κ2) is 8.93. The van der Waals surface area contributed by atoms with Crippen LogP contribution < -0.4 is 11.1 Å². The molecule has 3 rings (SSSR count). The molecule has 0 aliphatic rings. The van der Waals surface area contributed by atoms with E-state index >= 15 is 0 Å². The molecule has 152 valence electrons. The lowest BCUT2D eigenvalue weighted by Crippen LogP contribution is -2.24. The van der Waals surface area contributed by atoms with Crippen LogP contribution in [0.2, 0.25) is 0 Å². The van der Waals surface area contributed by atoms with Crippen molar-refractivity contribution in [1.82, 2.24) is 5.32 Å². The van der Waals surface area contributed by atoms with Gasteiger partial charge in [-0.05, 0) is 54.1 Å². The number of nitrogens with one attached hydrogen (secondary N) is 1. The summed E-state index contributed by atoms with van der Waals surface area (Å²) in [6.45, 7) is 0.0270. The monoisotopic (exact) mass is 427 g/mol. The lowest BCUT2D eigenvalue weighted by Gasteiger charge is -2.13. The number of benzene rings is 3. The molecule has 0 atom stereocenters. The number of hydrogen-bond donors (Lipinski definition) is 2. The highest BCUT2D eigenvalue weighted by Crippen LogP contribution is 2.32. The molecule has 0 unspecified atom stereocenters. The van der Waals surface area contributed by atoms with E-state index in [0.717, 1.165) is 28.0 Å². The Bertz CT molecular complexity index is 1110. The van der Waals surface area contributed by atoms with Crippen LogP contribution in [-0.4, -0.2) is 5.91 Å². The number of rotatable bonds is 5. The third-order valence-corrected chi connectivity index (χ3v) is 5.35. The molecule has 0 aliphatic carbocycles. The lowest BCUT2D eigenvalue weighted by molar-refractivity contribution is -0.137. The van der Waals surface area contributed by atoms with Gasteiger partial charge in [-0.3, -0.25) is 4.79 Å². The molecule has 3 aromatic carbocycles. The summed E-state index contributed by atoms with van der Waals surface area (Å²) in [6.07, 6.45) is -4.58. The molecule has 1 amide bonds. The molecule has 0 heterocycles. The number of nitrogens with zero attached hydrogens (tertiary/aromatic N) is 1. The summed E-state index contributed by atoms with van der Waals surface area (Å²) in [5.74, 6) is -0.725. The molecule has 0 saturated carbocycles. The van der Waals surface area contributed by atoms with E-state index in [1.54, 1.807) is 18.2 Å². The van der Waals surface area contributed by atoms with Crippen LogP contribution in [0.4, 0.5) is 18.9 Å². The number of amides is 1. The Balaban J connectivity index is 1.83. The van der Waals surface area contributed by atoms with E-state index in [1.165, 1.54) is 11.8 Å². The van der Waals surface area contributed by atoms with Crippen molar-refractivity contribution in [2.75, 3.05) is 5.73 Å². The second-order valence-corrected chi connectivity index (χ2v) is 7.45. The molecule has 0 spiro atoms. The Morgan fingerprint density at radius 3 is 2.47 bits per heavy atom. The minimum absolute atomic E-state index is 0.0270. The molecular weight excluding hydrogens is 411 g/mol. The molecule has 0 fully saturated rings. The van der Waals surface area contributed by atoms with Gasteiger partial charge < -0.3 is 11.1 Å². The van der Waals surface area contributed by atoms with E-state index in [1.807, 2.05) is 36.4 Å². The number of anilines is 1. The summed E-state index contributed by atoms with van der Waals surface area (Å²) in [5, 5.41) is 11.8. The number of nitrogens with two attached hydrogens (primary N) is 1. The topological polar surface area (TPSA) is 78.9 Å². The van der Waals surface area contributed by atoms with Gasteiger partial charge in [0.2, 0.25) is 0 Å². The van der Waals surface area contributed by atoms with Crippen LogP contribution in [0.25, 0.3) is 0 Å². The second-order valence-electron chi connectivity index (χ2n) is 6.33. The van der Waals surface area contributed by atoms with Gasteiger partial charge in [0.1, 0.15) is 0 Å². The van der Waals surface area contributed by atoms with Crippen molar-refractivity contribution in [1.29, 1.82) is 5.26 Å². The average Bonchev–Trinajstić information content (AvgIpc) is 2.73. The Hall–Kier alpha value is -3.44. The first-order valence-electron chi connectivity index (χ1n) is 8.79. The lowest BCUT2D eigenvalue weighted by atomic mass is 10.1. The van der Waals surface area contributed by atoms with E-state index in [9.17, 15) is 23.2 Å². The molecule has 4 nitrogen and oxygen atoms in total. The van der Waals surface area contributed by atoms with Crippen molar-refractivity contribution in [3.8, 4) is 6.07 Å². The maximum Gasteiger partial charge on any atom is 0.416 e. The standard InChI is InChI=1S/C22H16F3N3OS/c23-22(24,25)16-7-8-19(27)18(11-16)21(29)28-13-15-10-14(12-26)6-9-20(15)30-17-4-2-1-3-5-17/h1-11H,13,27H2,(H,28,29). The predicted octanol–water partition coefficient (Wildman–Crippen LogP) is 5.24. The largest absolute Gasteiger partial charge is 0.416 e. The van der Waals surface area contributed by atoms with Gasteiger partial charge >= 0.3 is 6.18 Å². The van der Waals surface area contributed by atoms with Crippen LogP contribution in [-0.2, 0) is 12.7 Å². The van der Waals surface area contributed by atoms with Crippen molar-refractivity contribution in [3.05, 3.63) is 89.0 Å². The number of nitrogen functional groups attached to an aromatic ring is 1. The minimum Gasteiger partial charge on any atom is -0.398 e. The molecule has 30 heavy (non-hydrogen) atoms. The number of halogens is 3. The van der Waals surface area contributed by atoms with E-state index < -0.39 is 17.6 Å². The number of alkyl halides is 3. The Kier molecular flexibility index (Phi) is 6.33. The Morgan fingerprint density at radius 2 is 1.80 bits per heavy atom. The van der Waals surface area contributed by atoms with Crippen LogP contribution >= 0.6 is 11.8 Å². The first kappa shape index (κ1) is 21.3. The normalized spacial score (nSPS) is 11.0. The zero-order valence-electron chi connectivity index (χ0n) is 15.5. The predicted molar refractivity (Wildman–Crippen MR) is 109 cm³/mol. The quantitative estimate of drug-likeness (QED) is 0.546. The third-order valence-electron chi connectivity index (χ3n) is 4.23. The maximum atomic E-state index is 13.0. The zero-order valence-corrected chi connectivity index (χ0v) is 16.3. The molecular formula is C22H16F3N3OS. The highest BCUT2D eigenvalue weighted by Gasteiger charge is 2.31. The fourth-order valence-corrected chi connectivity index (χ4v) is 3.65. The van der Waals surface area contributed by atoms with Gasteiger partial charge in [-0.2, -0.15) is 18.4 Å². The van der Waals surface area contributed by atoms with Crippen molar-refractivity contribution in [3.63, 3.8) is 0 Å². The summed E-state index contributed by atoms with van der Waals surface area (Å²) in [5.41, 5.74) is 5.53. The molecule has 0 bridgehead atoms. The summed E-state index contributed by atoms with van der Waals surface area (Å²) >= 11 is 1.46. The van der Waals surface area contributed by atoms with Gasteiger partial charge in [-0.25, -0.2) is 0 Å². The summed E-state index contributed by atoms with van der Waals surface area (Å²) < 4.78 is 38.9. The number of nitriles is 1. The first-order chi connectivity index (χ1) is 14.3. The van der Waals surface area contributed by atoms with Gasteiger partial charge in [0.15, 0.2) is 0 Å². The third kappa shape index (κ3) is 5.13. The van der Waals surface area contributed by atoms with E-state index in [4.69, 9.17) is 5.73 Å². The highest BCUT2D eigenvalue weighted by molar-refractivity contribution is 7.99.